The van der Waals surface area contributed by atoms with Crippen LogP contribution in [-0.4, -0.2) is 27.8 Å². The molecule has 0 saturated carbocycles. The fourth-order valence-electron chi connectivity index (χ4n) is 1.24. The van der Waals surface area contributed by atoms with E-state index in [0.29, 0.717) is 16.0 Å². The highest BCUT2D eigenvalue weighted by Crippen LogP contribution is 2.25. The minimum atomic E-state index is -0.325. The van der Waals surface area contributed by atoms with Crippen molar-refractivity contribution >= 4 is 40.0 Å². The third-order valence-corrected chi connectivity index (χ3v) is 4.12. The maximum absolute atomic E-state index is 11.4. The Kier molecular flexibility index (Phi) is 5.58. The number of nitrogens with zero attached hydrogens (tertiary/aromatic N) is 2. The van der Waals surface area contributed by atoms with Crippen LogP contribution in [0.4, 0.5) is 5.13 Å². The fraction of sp³-hybridized carbons (Fsp3) is 0.273. The van der Waals surface area contributed by atoms with Gasteiger partial charge in [-0.15, -0.1) is 10.2 Å². The van der Waals surface area contributed by atoms with Crippen LogP contribution in [0.1, 0.15) is 12.7 Å². The van der Waals surface area contributed by atoms with E-state index >= 15 is 0 Å². The van der Waals surface area contributed by atoms with E-state index in [9.17, 15) is 9.59 Å². The molecule has 0 spiro atoms. The SMILES string of the molecule is CC(=O)NNC(=O)CSc1nnc(NCc2ccco2)s1. The Balaban J connectivity index is 1.72. The number of thioether (sulfide) groups is 1. The molecule has 2 aromatic rings. The van der Waals surface area contributed by atoms with Crippen LogP contribution in [0.15, 0.2) is 27.2 Å². The Morgan fingerprint density at radius 2 is 2.24 bits per heavy atom. The van der Waals surface area contributed by atoms with Crippen LogP contribution in [0.5, 0.6) is 0 Å². The molecule has 0 aromatic carbocycles. The predicted molar refractivity (Wildman–Crippen MR) is 78.6 cm³/mol. The quantitative estimate of drug-likeness (QED) is 0.536. The van der Waals surface area contributed by atoms with Crippen LogP contribution in [0.3, 0.4) is 0 Å². The molecule has 112 valence electrons. The van der Waals surface area contributed by atoms with E-state index in [-0.39, 0.29) is 17.6 Å². The minimum Gasteiger partial charge on any atom is -0.467 e. The van der Waals surface area contributed by atoms with Crippen molar-refractivity contribution in [1.29, 1.82) is 0 Å². The van der Waals surface area contributed by atoms with Gasteiger partial charge in [0.05, 0.1) is 18.6 Å². The monoisotopic (exact) mass is 327 g/mol. The van der Waals surface area contributed by atoms with E-state index in [1.807, 2.05) is 12.1 Å². The first-order valence-electron chi connectivity index (χ1n) is 5.91. The number of carbonyl (C=O) groups is 2. The van der Waals surface area contributed by atoms with Crippen LogP contribution in [0.2, 0.25) is 0 Å². The van der Waals surface area contributed by atoms with Crippen molar-refractivity contribution in [2.45, 2.75) is 17.8 Å². The summed E-state index contributed by atoms with van der Waals surface area (Å²) in [6.45, 7) is 1.84. The van der Waals surface area contributed by atoms with Crippen molar-refractivity contribution < 1.29 is 14.0 Å². The first-order chi connectivity index (χ1) is 10.1. The van der Waals surface area contributed by atoms with Gasteiger partial charge < -0.3 is 9.73 Å². The second-order valence-electron chi connectivity index (χ2n) is 3.82. The maximum Gasteiger partial charge on any atom is 0.248 e. The summed E-state index contributed by atoms with van der Waals surface area (Å²) in [7, 11) is 0. The number of hydrazine groups is 1. The van der Waals surface area contributed by atoms with Gasteiger partial charge in [0, 0.05) is 6.92 Å². The van der Waals surface area contributed by atoms with Gasteiger partial charge >= 0.3 is 0 Å². The topological polar surface area (TPSA) is 109 Å². The van der Waals surface area contributed by atoms with E-state index in [1.54, 1.807) is 6.26 Å². The summed E-state index contributed by atoms with van der Waals surface area (Å²) in [5.41, 5.74) is 4.49. The Morgan fingerprint density at radius 1 is 1.38 bits per heavy atom. The van der Waals surface area contributed by atoms with Gasteiger partial charge in [-0.05, 0) is 12.1 Å². The molecule has 0 fully saturated rings. The Bertz CT molecular complexity index is 599. The van der Waals surface area contributed by atoms with E-state index in [4.69, 9.17) is 4.42 Å². The van der Waals surface area contributed by atoms with Gasteiger partial charge in [-0.25, -0.2) is 0 Å². The van der Waals surface area contributed by atoms with Gasteiger partial charge in [0.1, 0.15) is 5.76 Å². The molecule has 10 heteroatoms. The second-order valence-corrected chi connectivity index (χ2v) is 6.02. The van der Waals surface area contributed by atoms with Crippen molar-refractivity contribution in [3.05, 3.63) is 24.2 Å². The standard InChI is InChI=1S/C11H13N5O3S2/c1-7(17)13-14-9(18)6-20-11-16-15-10(21-11)12-5-8-3-2-4-19-8/h2-4H,5-6H2,1H3,(H,12,15)(H,13,17)(H,14,18). The molecule has 0 radical (unpaired) electrons. The number of nitrogens with one attached hydrogen (secondary N) is 3. The number of amides is 2. The van der Waals surface area contributed by atoms with Crippen molar-refractivity contribution in [3.63, 3.8) is 0 Å². The zero-order valence-electron chi connectivity index (χ0n) is 11.1. The lowest BCUT2D eigenvalue weighted by Gasteiger charge is -2.02. The summed E-state index contributed by atoms with van der Waals surface area (Å²) in [5, 5.41) is 11.6. The Labute approximate surface area is 128 Å². The average Bonchev–Trinajstić information content (AvgIpc) is 3.11. The fourth-order valence-corrected chi connectivity index (χ4v) is 2.78. The molecule has 0 bridgehead atoms. The van der Waals surface area contributed by atoms with Crippen LogP contribution < -0.4 is 16.2 Å². The highest BCUT2D eigenvalue weighted by atomic mass is 32.2. The molecule has 0 unspecified atom stereocenters. The van der Waals surface area contributed by atoms with Crippen LogP contribution in [0.25, 0.3) is 0 Å². The first-order valence-corrected chi connectivity index (χ1v) is 7.71. The molecular formula is C11H13N5O3S2. The largest absolute Gasteiger partial charge is 0.467 e. The lowest BCUT2D eigenvalue weighted by molar-refractivity contribution is -0.126. The molecule has 21 heavy (non-hydrogen) atoms. The smallest absolute Gasteiger partial charge is 0.248 e. The lowest BCUT2D eigenvalue weighted by atomic mass is 10.4. The molecule has 0 aliphatic rings. The number of rotatable bonds is 6. The third kappa shape index (κ3) is 5.44. The molecule has 0 aliphatic carbocycles. The van der Waals surface area contributed by atoms with E-state index in [0.717, 1.165) is 5.76 Å². The summed E-state index contributed by atoms with van der Waals surface area (Å²) < 4.78 is 5.85. The van der Waals surface area contributed by atoms with Gasteiger partial charge in [-0.3, -0.25) is 20.4 Å². The summed E-state index contributed by atoms with van der Waals surface area (Å²) in [5.74, 6) is 0.311. The molecule has 2 heterocycles. The summed E-state index contributed by atoms with van der Waals surface area (Å²) in [6.07, 6.45) is 1.60. The zero-order chi connectivity index (χ0) is 15.1. The Hall–Kier alpha value is -2.07. The van der Waals surface area contributed by atoms with Gasteiger partial charge in [0.2, 0.25) is 16.9 Å². The molecule has 8 nitrogen and oxygen atoms in total. The minimum absolute atomic E-state index is 0.146. The molecular weight excluding hydrogens is 314 g/mol. The predicted octanol–water partition coefficient (Wildman–Crippen LogP) is 1.00. The summed E-state index contributed by atoms with van der Waals surface area (Å²) in [4.78, 5) is 22.0. The van der Waals surface area contributed by atoms with Gasteiger partial charge in [-0.2, -0.15) is 0 Å². The molecule has 0 atom stereocenters. The van der Waals surface area contributed by atoms with Crippen LogP contribution in [0, 0.1) is 0 Å². The van der Waals surface area contributed by atoms with Crippen molar-refractivity contribution in [2.75, 3.05) is 11.1 Å². The molecule has 0 aliphatic heterocycles. The van der Waals surface area contributed by atoms with Gasteiger partial charge in [0.15, 0.2) is 4.34 Å². The third-order valence-electron chi connectivity index (χ3n) is 2.11. The lowest BCUT2D eigenvalue weighted by Crippen LogP contribution is -2.41. The molecule has 2 aromatic heterocycles. The van der Waals surface area contributed by atoms with E-state index in [1.165, 1.54) is 30.0 Å². The molecule has 2 amide bonds. The molecule has 0 saturated heterocycles. The highest BCUT2D eigenvalue weighted by molar-refractivity contribution is 8.01. The van der Waals surface area contributed by atoms with Gasteiger partial charge in [-0.1, -0.05) is 23.1 Å². The number of anilines is 1. The Morgan fingerprint density at radius 3 is 2.95 bits per heavy atom. The van der Waals surface area contributed by atoms with E-state index in [2.05, 4.69) is 26.4 Å². The van der Waals surface area contributed by atoms with Crippen molar-refractivity contribution in [1.82, 2.24) is 21.0 Å². The molecule has 2 rings (SSSR count). The van der Waals surface area contributed by atoms with Crippen LogP contribution >= 0.6 is 23.1 Å². The van der Waals surface area contributed by atoms with Crippen LogP contribution in [-0.2, 0) is 16.1 Å². The summed E-state index contributed by atoms with van der Waals surface area (Å²) >= 11 is 2.58. The van der Waals surface area contributed by atoms with E-state index < -0.39 is 0 Å². The maximum atomic E-state index is 11.4. The normalized spacial score (nSPS) is 10.1. The first kappa shape index (κ1) is 15.3. The summed E-state index contributed by atoms with van der Waals surface area (Å²) in [6, 6.07) is 3.67. The van der Waals surface area contributed by atoms with Crippen molar-refractivity contribution in [3.8, 4) is 0 Å². The number of carbonyl (C=O) groups excluding carboxylic acids is 2. The molecule has 3 N–H and O–H groups in total. The average molecular weight is 327 g/mol. The number of hydrogen-bond donors (Lipinski definition) is 3. The van der Waals surface area contributed by atoms with Gasteiger partial charge in [0.25, 0.3) is 0 Å². The number of furan rings is 1. The number of aromatic nitrogens is 2. The highest BCUT2D eigenvalue weighted by Gasteiger charge is 2.08. The zero-order valence-corrected chi connectivity index (χ0v) is 12.7. The van der Waals surface area contributed by atoms with Crippen molar-refractivity contribution in [2.24, 2.45) is 0 Å². The number of hydrogen-bond acceptors (Lipinski definition) is 8. The second kappa shape index (κ2) is 7.64.